The van der Waals surface area contributed by atoms with Crippen LogP contribution < -0.4 is 0 Å². The zero-order valence-electron chi connectivity index (χ0n) is 11.6. The quantitative estimate of drug-likeness (QED) is 0.463. The molecule has 4 nitrogen and oxygen atoms in total. The Labute approximate surface area is 135 Å². The van der Waals surface area contributed by atoms with E-state index in [4.69, 9.17) is 18.9 Å². The Bertz CT molecular complexity index is 129. The van der Waals surface area contributed by atoms with E-state index in [1.165, 1.54) is 6.42 Å². The molecule has 136 valence electrons. The number of methoxy groups -OCH3 is 2. The van der Waals surface area contributed by atoms with Crippen LogP contribution in [0.25, 0.3) is 0 Å². The van der Waals surface area contributed by atoms with E-state index in [2.05, 4.69) is 6.92 Å². The Morgan fingerprint density at radius 2 is 1.00 bits per heavy atom. The van der Waals surface area contributed by atoms with Gasteiger partial charge in [0.05, 0.1) is 26.4 Å². The summed E-state index contributed by atoms with van der Waals surface area (Å²) in [5, 5.41) is 0. The Balaban J connectivity index is -0.000000213. The molecule has 0 N–H and O–H groups in total. The van der Waals surface area contributed by atoms with Gasteiger partial charge >= 0.3 is 0 Å². The highest BCUT2D eigenvalue weighted by molar-refractivity contribution is 4.56. The predicted molar refractivity (Wildman–Crippen MR) is 95.3 cm³/mol. The molecule has 0 amide bonds. The average Bonchev–Trinajstić information content (AvgIpc) is 2.36. The molecule has 0 aromatic carbocycles. The summed E-state index contributed by atoms with van der Waals surface area (Å²) in [5.74, 6) is 0.695. The van der Waals surface area contributed by atoms with Crippen molar-refractivity contribution in [3.8, 4) is 0 Å². The molecule has 0 aliphatic heterocycles. The van der Waals surface area contributed by atoms with Crippen LogP contribution >= 0.6 is 0 Å². The van der Waals surface area contributed by atoms with Crippen molar-refractivity contribution in [1.29, 1.82) is 0 Å². The fourth-order valence-electron chi connectivity index (χ4n) is 1.54. The maximum Gasteiger partial charge on any atom is 0.0700 e. The molecular formula is C17H44O4. The summed E-state index contributed by atoms with van der Waals surface area (Å²) in [6.07, 6.45) is 3.39. The highest BCUT2D eigenvalue weighted by atomic mass is 16.5. The first-order chi connectivity index (χ1) is 8.35. The van der Waals surface area contributed by atoms with Crippen molar-refractivity contribution >= 4 is 0 Å². The zero-order chi connectivity index (χ0) is 12.8. The van der Waals surface area contributed by atoms with Gasteiger partial charge in [-0.15, -0.1) is 0 Å². The number of rotatable bonds is 13. The third kappa shape index (κ3) is 25.2. The van der Waals surface area contributed by atoms with Gasteiger partial charge in [-0.3, -0.25) is 0 Å². The van der Waals surface area contributed by atoms with E-state index in [0.29, 0.717) is 32.3 Å². The van der Waals surface area contributed by atoms with Crippen LogP contribution in [0.4, 0.5) is 0 Å². The molecule has 0 spiro atoms. The van der Waals surface area contributed by atoms with E-state index < -0.39 is 0 Å². The summed E-state index contributed by atoms with van der Waals surface area (Å²) in [4.78, 5) is 0. The smallest absolute Gasteiger partial charge is 0.0700 e. The van der Waals surface area contributed by atoms with E-state index in [1.54, 1.807) is 14.2 Å². The van der Waals surface area contributed by atoms with Gasteiger partial charge in [0.25, 0.3) is 0 Å². The van der Waals surface area contributed by atoms with Crippen molar-refractivity contribution in [2.75, 3.05) is 53.9 Å². The molecule has 0 radical (unpaired) electrons. The summed E-state index contributed by atoms with van der Waals surface area (Å²) >= 11 is 0. The molecule has 0 unspecified atom stereocenters. The van der Waals surface area contributed by atoms with Crippen molar-refractivity contribution in [2.45, 2.75) is 55.9 Å². The monoisotopic (exact) mass is 312 g/mol. The minimum absolute atomic E-state index is 0. The number of ether oxygens (including phenoxy) is 4. The van der Waals surface area contributed by atoms with Crippen LogP contribution in [0, 0.1) is 5.92 Å². The van der Waals surface area contributed by atoms with Gasteiger partial charge in [0.2, 0.25) is 0 Å². The fourth-order valence-corrected chi connectivity index (χ4v) is 1.54. The highest BCUT2D eigenvalue weighted by Crippen LogP contribution is 2.13. The highest BCUT2D eigenvalue weighted by Gasteiger charge is 2.06. The molecule has 0 bridgehead atoms. The van der Waals surface area contributed by atoms with E-state index in [0.717, 1.165) is 26.1 Å². The zero-order valence-corrected chi connectivity index (χ0v) is 11.6. The van der Waals surface area contributed by atoms with Crippen LogP contribution in [0.5, 0.6) is 0 Å². The molecule has 0 atom stereocenters. The normalized spacial score (nSPS) is 9.14. The molecule has 0 aliphatic carbocycles. The first-order valence-electron chi connectivity index (χ1n) is 6.48. The molecule has 21 heavy (non-hydrogen) atoms. The van der Waals surface area contributed by atoms with Crippen LogP contribution in [0.3, 0.4) is 0 Å². The maximum absolute atomic E-state index is 5.47. The molecule has 0 aromatic heterocycles. The molecule has 0 fully saturated rings. The average molecular weight is 313 g/mol. The molecule has 0 aliphatic rings. The molecule has 0 aromatic rings. The van der Waals surface area contributed by atoms with Crippen molar-refractivity contribution in [2.24, 2.45) is 5.92 Å². The number of hydrogen-bond acceptors (Lipinski definition) is 4. The molecular weight excluding hydrogens is 268 g/mol. The van der Waals surface area contributed by atoms with E-state index in [9.17, 15) is 0 Å². The van der Waals surface area contributed by atoms with Gasteiger partial charge in [-0.1, -0.05) is 43.1 Å². The molecule has 0 saturated heterocycles. The summed E-state index contributed by atoms with van der Waals surface area (Å²) in [6, 6.07) is 0. The van der Waals surface area contributed by atoms with Crippen molar-refractivity contribution < 1.29 is 18.9 Å². The van der Waals surface area contributed by atoms with Gasteiger partial charge in [0.1, 0.15) is 0 Å². The predicted octanol–water partition coefficient (Wildman–Crippen LogP) is 4.66. The third-order valence-corrected chi connectivity index (χ3v) is 2.78. The third-order valence-electron chi connectivity index (χ3n) is 2.78. The van der Waals surface area contributed by atoms with E-state index >= 15 is 0 Å². The van der Waals surface area contributed by atoms with Crippen molar-refractivity contribution in [3.63, 3.8) is 0 Å². The van der Waals surface area contributed by atoms with Crippen LogP contribution in [0.1, 0.15) is 55.9 Å². The van der Waals surface area contributed by atoms with Gasteiger partial charge in [0.15, 0.2) is 0 Å². The van der Waals surface area contributed by atoms with E-state index in [1.807, 2.05) is 0 Å². The maximum atomic E-state index is 5.47. The summed E-state index contributed by atoms with van der Waals surface area (Å²) in [6.45, 7) is 6.59. The van der Waals surface area contributed by atoms with Crippen LogP contribution in [-0.4, -0.2) is 53.9 Å². The molecule has 0 rings (SSSR count). The summed E-state index contributed by atoms with van der Waals surface area (Å²) in [5.41, 5.74) is 0. The minimum atomic E-state index is 0. The second-order valence-electron chi connectivity index (χ2n) is 4.06. The lowest BCUT2D eigenvalue weighted by atomic mass is 9.99. The topological polar surface area (TPSA) is 36.9 Å². The minimum Gasteiger partial charge on any atom is -0.382 e. The molecule has 0 saturated carbocycles. The van der Waals surface area contributed by atoms with Crippen LogP contribution in [0.15, 0.2) is 0 Å². The Kier molecular flexibility index (Phi) is 43.7. The lowest BCUT2D eigenvalue weighted by molar-refractivity contribution is 0.0494. The standard InChI is InChI=1S/C13H28O4.4CH4/c1-4-13(5-7-16-11-9-14-2)6-8-17-12-10-15-3;;;;/h13H,4-12H2,1-3H3;4*1H4. The Morgan fingerprint density at radius 3 is 1.29 bits per heavy atom. The van der Waals surface area contributed by atoms with Gasteiger partial charge in [0, 0.05) is 27.4 Å². The van der Waals surface area contributed by atoms with Gasteiger partial charge in [-0.25, -0.2) is 0 Å². The summed E-state index contributed by atoms with van der Waals surface area (Å²) < 4.78 is 20.8. The lowest BCUT2D eigenvalue weighted by Gasteiger charge is -2.14. The number of hydrogen-bond donors (Lipinski definition) is 0. The van der Waals surface area contributed by atoms with Gasteiger partial charge in [-0.05, 0) is 18.8 Å². The lowest BCUT2D eigenvalue weighted by Crippen LogP contribution is -2.11. The second-order valence-corrected chi connectivity index (χ2v) is 4.06. The van der Waals surface area contributed by atoms with Crippen LogP contribution in [0.2, 0.25) is 0 Å². The van der Waals surface area contributed by atoms with Crippen LogP contribution in [-0.2, 0) is 18.9 Å². The van der Waals surface area contributed by atoms with Gasteiger partial charge in [-0.2, -0.15) is 0 Å². The van der Waals surface area contributed by atoms with E-state index in [-0.39, 0.29) is 29.7 Å². The van der Waals surface area contributed by atoms with Gasteiger partial charge < -0.3 is 18.9 Å². The summed E-state index contributed by atoms with van der Waals surface area (Å²) in [7, 11) is 3.38. The first kappa shape index (κ1) is 32.7. The first-order valence-corrected chi connectivity index (χ1v) is 6.48. The SMILES string of the molecule is C.C.C.C.CCC(CCOCCOC)CCOCCOC. The Hall–Kier alpha value is -0.160. The Morgan fingerprint density at radius 1 is 0.619 bits per heavy atom. The second kappa shape index (κ2) is 28.1. The fraction of sp³-hybridized carbons (Fsp3) is 1.00. The van der Waals surface area contributed by atoms with Crippen molar-refractivity contribution in [1.82, 2.24) is 0 Å². The van der Waals surface area contributed by atoms with Crippen molar-refractivity contribution in [3.05, 3.63) is 0 Å². The largest absolute Gasteiger partial charge is 0.382 e. The molecule has 0 heterocycles. The molecule has 4 heteroatoms.